The quantitative estimate of drug-likeness (QED) is 0.373. The maximum absolute atomic E-state index is 13.0. The van der Waals surface area contributed by atoms with Gasteiger partial charge in [-0.1, -0.05) is 12.6 Å². The highest BCUT2D eigenvalue weighted by atomic mass is 19.4. The topological polar surface area (TPSA) is 80.8 Å². The van der Waals surface area contributed by atoms with E-state index in [1.54, 1.807) is 18.5 Å². The van der Waals surface area contributed by atoms with Crippen LogP contribution in [0, 0.1) is 13.8 Å². The van der Waals surface area contributed by atoms with Crippen molar-refractivity contribution in [1.29, 1.82) is 0 Å². The van der Waals surface area contributed by atoms with E-state index in [4.69, 9.17) is 5.73 Å². The van der Waals surface area contributed by atoms with Gasteiger partial charge in [0, 0.05) is 35.2 Å². The number of aryl methyl sites for hydroxylation is 2. The number of halogens is 3. The summed E-state index contributed by atoms with van der Waals surface area (Å²) in [7, 11) is 0. The summed E-state index contributed by atoms with van der Waals surface area (Å²) in [5.74, 6) is 1.04. The molecule has 180 valence electrons. The number of nitrogens with two attached hydrogens (primary N) is 1. The summed E-state index contributed by atoms with van der Waals surface area (Å²) in [5.41, 5.74) is 9.81. The molecular formula is C26H25F3N6. The van der Waals surface area contributed by atoms with E-state index in [1.165, 1.54) is 6.07 Å². The van der Waals surface area contributed by atoms with Crippen LogP contribution < -0.4 is 5.73 Å². The predicted molar refractivity (Wildman–Crippen MR) is 130 cm³/mol. The van der Waals surface area contributed by atoms with Gasteiger partial charge in [0.15, 0.2) is 0 Å². The van der Waals surface area contributed by atoms with Crippen molar-refractivity contribution in [3.63, 3.8) is 0 Å². The molecule has 2 N–H and O–H groups in total. The number of hydrogen-bond donors (Lipinski definition) is 1. The zero-order chi connectivity index (χ0) is 25.3. The Morgan fingerprint density at radius 2 is 1.80 bits per heavy atom. The van der Waals surface area contributed by atoms with Crippen LogP contribution >= 0.6 is 0 Å². The van der Waals surface area contributed by atoms with Crippen LogP contribution in [0.1, 0.15) is 46.7 Å². The molecule has 1 aromatic carbocycles. The molecule has 9 heteroatoms. The minimum absolute atomic E-state index is 0.215. The monoisotopic (exact) mass is 478 g/mol. The van der Waals surface area contributed by atoms with Gasteiger partial charge in [-0.05, 0) is 62.2 Å². The summed E-state index contributed by atoms with van der Waals surface area (Å²) in [6, 6.07) is 9.62. The lowest BCUT2D eigenvalue weighted by atomic mass is 9.98. The van der Waals surface area contributed by atoms with Gasteiger partial charge in [-0.2, -0.15) is 13.2 Å². The zero-order valence-electron chi connectivity index (χ0n) is 19.6. The second kappa shape index (κ2) is 9.32. The van der Waals surface area contributed by atoms with E-state index in [1.807, 2.05) is 43.9 Å². The highest BCUT2D eigenvalue weighted by Gasteiger charge is 2.31. The van der Waals surface area contributed by atoms with Crippen molar-refractivity contribution in [3.8, 4) is 0 Å². The molecule has 0 saturated carbocycles. The number of hydrogen-bond acceptors (Lipinski definition) is 6. The van der Waals surface area contributed by atoms with Gasteiger partial charge in [-0.15, -0.1) is 0 Å². The lowest BCUT2D eigenvalue weighted by molar-refractivity contribution is -0.137. The molecule has 0 aliphatic rings. The largest absolute Gasteiger partial charge is 0.417 e. The predicted octanol–water partition coefficient (Wildman–Crippen LogP) is 5.87. The van der Waals surface area contributed by atoms with Gasteiger partial charge in [-0.3, -0.25) is 4.98 Å². The average Bonchev–Trinajstić information content (AvgIpc) is 2.83. The molecule has 0 aliphatic carbocycles. The molecule has 0 saturated heterocycles. The van der Waals surface area contributed by atoms with Gasteiger partial charge in [0.05, 0.1) is 29.4 Å². The molecule has 0 fully saturated rings. The summed E-state index contributed by atoms with van der Waals surface area (Å²) in [5, 5.41) is 0.951. The van der Waals surface area contributed by atoms with Crippen LogP contribution in [0.4, 0.5) is 19.0 Å². The summed E-state index contributed by atoms with van der Waals surface area (Å²) >= 11 is 0. The number of aromatic nitrogens is 4. The van der Waals surface area contributed by atoms with E-state index < -0.39 is 11.7 Å². The van der Waals surface area contributed by atoms with Crippen LogP contribution in [0.3, 0.4) is 0 Å². The summed E-state index contributed by atoms with van der Waals surface area (Å²) in [6.45, 7) is 10.4. The maximum Gasteiger partial charge on any atom is 0.417 e. The number of anilines is 1. The highest BCUT2D eigenvalue weighted by molar-refractivity contribution is 5.89. The third-order valence-electron chi connectivity index (χ3n) is 6.07. The number of fused-ring (bicyclic) bond motifs is 1. The molecule has 3 heterocycles. The van der Waals surface area contributed by atoms with E-state index in [-0.39, 0.29) is 12.6 Å². The van der Waals surface area contributed by atoms with E-state index >= 15 is 0 Å². The summed E-state index contributed by atoms with van der Waals surface area (Å²) in [6.07, 6.45) is -0.301. The molecule has 4 aromatic rings. The molecule has 1 atom stereocenters. The van der Waals surface area contributed by atoms with E-state index in [9.17, 15) is 13.2 Å². The molecule has 35 heavy (non-hydrogen) atoms. The first-order chi connectivity index (χ1) is 16.6. The van der Waals surface area contributed by atoms with E-state index in [0.29, 0.717) is 23.0 Å². The van der Waals surface area contributed by atoms with Crippen LogP contribution in [0.5, 0.6) is 0 Å². The van der Waals surface area contributed by atoms with Crippen molar-refractivity contribution in [1.82, 2.24) is 24.8 Å². The molecule has 0 spiro atoms. The minimum Gasteiger partial charge on any atom is -0.383 e. The standard InChI is InChI=1S/C26H25F3N6/c1-15-12-22-16(2)21(8-9-23(22)34-24(15)30)17(3)35(18(4)25-31-10-5-11-32-25)14-20-7-6-19(13-33-20)26(27,28)29/h5-13,18H,3,14H2,1-2,4H3,(H2,30,34)/t18-/m1/s1. The molecule has 4 rings (SSSR count). The lowest BCUT2D eigenvalue weighted by Gasteiger charge is -2.32. The SMILES string of the molecule is C=C(c1ccc2nc(N)c(C)cc2c1C)N(Cc1ccc(C(F)(F)F)cn1)[C@H](C)c1ncccn1. The fourth-order valence-electron chi connectivity index (χ4n) is 3.96. The summed E-state index contributed by atoms with van der Waals surface area (Å²) in [4.78, 5) is 19.2. The van der Waals surface area contributed by atoms with Gasteiger partial charge in [0.1, 0.15) is 11.6 Å². The first-order valence-electron chi connectivity index (χ1n) is 11.0. The highest BCUT2D eigenvalue weighted by Crippen LogP contribution is 2.34. The molecule has 3 aromatic heterocycles. The van der Waals surface area contributed by atoms with Crippen molar-refractivity contribution in [2.24, 2.45) is 0 Å². The van der Waals surface area contributed by atoms with Gasteiger partial charge >= 0.3 is 6.18 Å². The fourth-order valence-corrected chi connectivity index (χ4v) is 3.96. The van der Waals surface area contributed by atoms with Gasteiger partial charge in [0.2, 0.25) is 0 Å². The Morgan fingerprint density at radius 1 is 1.09 bits per heavy atom. The van der Waals surface area contributed by atoms with E-state index in [0.717, 1.165) is 39.9 Å². The van der Waals surface area contributed by atoms with Crippen LogP contribution in [0.25, 0.3) is 16.6 Å². The van der Waals surface area contributed by atoms with Gasteiger partial charge < -0.3 is 10.6 Å². The van der Waals surface area contributed by atoms with Crippen LogP contribution in [-0.2, 0) is 12.7 Å². The second-order valence-electron chi connectivity index (χ2n) is 8.39. The Balaban J connectivity index is 1.75. The van der Waals surface area contributed by atoms with E-state index in [2.05, 4.69) is 26.5 Å². The zero-order valence-corrected chi connectivity index (χ0v) is 19.6. The van der Waals surface area contributed by atoms with Crippen molar-refractivity contribution in [2.45, 2.75) is 39.5 Å². The Labute approximate surface area is 201 Å². The van der Waals surface area contributed by atoms with Crippen molar-refractivity contribution < 1.29 is 13.2 Å². The lowest BCUT2D eigenvalue weighted by Crippen LogP contribution is -2.27. The fraction of sp³-hybridized carbons (Fsp3) is 0.231. The van der Waals surface area contributed by atoms with Crippen molar-refractivity contribution in [3.05, 3.63) is 95.3 Å². The third-order valence-corrected chi connectivity index (χ3v) is 6.07. The molecule has 0 bridgehead atoms. The Kier molecular flexibility index (Phi) is 6.43. The number of rotatable bonds is 6. The average molecular weight is 479 g/mol. The van der Waals surface area contributed by atoms with Crippen LogP contribution in [-0.4, -0.2) is 24.8 Å². The number of alkyl halides is 3. The van der Waals surface area contributed by atoms with Crippen LogP contribution in [0.2, 0.25) is 0 Å². The minimum atomic E-state index is -4.45. The van der Waals surface area contributed by atoms with Gasteiger partial charge in [-0.25, -0.2) is 15.0 Å². The smallest absolute Gasteiger partial charge is 0.383 e. The normalized spacial score (nSPS) is 12.5. The Hall–Kier alpha value is -4.01. The van der Waals surface area contributed by atoms with Crippen molar-refractivity contribution in [2.75, 3.05) is 5.73 Å². The summed E-state index contributed by atoms with van der Waals surface area (Å²) < 4.78 is 39.0. The number of nitrogen functional groups attached to an aromatic ring is 1. The molecule has 0 amide bonds. The maximum atomic E-state index is 13.0. The molecule has 6 nitrogen and oxygen atoms in total. The number of nitrogens with zero attached hydrogens (tertiary/aromatic N) is 5. The Bertz CT molecular complexity index is 1370. The second-order valence-corrected chi connectivity index (χ2v) is 8.39. The molecule has 0 aliphatic heterocycles. The Morgan fingerprint density at radius 3 is 2.43 bits per heavy atom. The molecular weight excluding hydrogens is 453 g/mol. The number of benzene rings is 1. The molecule has 0 unspecified atom stereocenters. The van der Waals surface area contributed by atoms with Crippen LogP contribution in [0.15, 0.2) is 61.6 Å². The van der Waals surface area contributed by atoms with Crippen molar-refractivity contribution >= 4 is 22.4 Å². The first-order valence-corrected chi connectivity index (χ1v) is 11.0. The molecule has 0 radical (unpaired) electrons. The first kappa shape index (κ1) is 24.1. The number of pyridine rings is 2. The third kappa shape index (κ3) is 4.94. The van der Waals surface area contributed by atoms with Gasteiger partial charge in [0.25, 0.3) is 0 Å².